The number of nitrogens with zero attached hydrogens (tertiary/aromatic N) is 4. The van der Waals surface area contributed by atoms with Crippen LogP contribution in [0, 0.1) is 0 Å². The molecule has 23 heavy (non-hydrogen) atoms. The molecule has 0 bridgehead atoms. The van der Waals surface area contributed by atoms with Crippen molar-refractivity contribution >= 4 is 27.6 Å². The molecule has 1 aliphatic rings. The van der Waals surface area contributed by atoms with Crippen molar-refractivity contribution in [3.8, 4) is 0 Å². The molecule has 5 nitrogen and oxygen atoms in total. The molecule has 0 radical (unpaired) electrons. The summed E-state index contributed by atoms with van der Waals surface area (Å²) in [4.78, 5) is 13.1. The van der Waals surface area contributed by atoms with E-state index in [1.54, 1.807) is 6.33 Å². The monoisotopic (exact) mass is 375 g/mol. The first-order chi connectivity index (χ1) is 11.1. The van der Waals surface area contributed by atoms with E-state index >= 15 is 0 Å². The molecule has 122 valence electrons. The first-order valence-electron chi connectivity index (χ1n) is 7.83. The highest BCUT2D eigenvalue weighted by Gasteiger charge is 2.22. The van der Waals surface area contributed by atoms with Crippen LogP contribution in [0.4, 0.5) is 11.6 Å². The third-order valence-electron chi connectivity index (χ3n) is 4.05. The fourth-order valence-corrected chi connectivity index (χ4v) is 3.09. The van der Waals surface area contributed by atoms with Crippen LogP contribution >= 0.6 is 15.9 Å². The average molecular weight is 376 g/mol. The van der Waals surface area contributed by atoms with E-state index in [9.17, 15) is 0 Å². The zero-order valence-corrected chi connectivity index (χ0v) is 15.1. The molecule has 1 unspecified atom stereocenters. The Kier molecular flexibility index (Phi) is 5.13. The molecule has 1 saturated heterocycles. The van der Waals surface area contributed by atoms with Crippen molar-refractivity contribution in [2.24, 2.45) is 0 Å². The number of rotatable bonds is 5. The van der Waals surface area contributed by atoms with E-state index in [0.717, 1.165) is 42.2 Å². The van der Waals surface area contributed by atoms with Crippen molar-refractivity contribution < 1.29 is 0 Å². The number of hydrogen-bond donors (Lipinski definition) is 1. The SMILES string of the molecule is CN(C)c1cc(NC2CCN(Cc3ccc(Br)cc3)C2)ncn1. The maximum atomic E-state index is 4.33. The summed E-state index contributed by atoms with van der Waals surface area (Å²) in [7, 11) is 3.98. The minimum Gasteiger partial charge on any atom is -0.366 e. The number of likely N-dealkylation sites (tertiary alicyclic amines) is 1. The molecular weight excluding hydrogens is 354 g/mol. The van der Waals surface area contributed by atoms with E-state index in [4.69, 9.17) is 0 Å². The van der Waals surface area contributed by atoms with E-state index in [-0.39, 0.29) is 0 Å². The van der Waals surface area contributed by atoms with Crippen molar-refractivity contribution in [2.75, 3.05) is 37.4 Å². The summed E-state index contributed by atoms with van der Waals surface area (Å²) in [5.74, 6) is 1.83. The minimum atomic E-state index is 0.440. The topological polar surface area (TPSA) is 44.3 Å². The molecule has 0 spiro atoms. The number of halogens is 1. The molecule has 3 rings (SSSR count). The Labute approximate surface area is 145 Å². The Bertz CT molecular complexity index is 644. The zero-order chi connectivity index (χ0) is 16.2. The Hall–Kier alpha value is -1.66. The Balaban J connectivity index is 1.55. The molecule has 0 amide bonds. The maximum absolute atomic E-state index is 4.33. The molecule has 1 aromatic heterocycles. The van der Waals surface area contributed by atoms with Crippen LogP contribution in [0.5, 0.6) is 0 Å². The number of anilines is 2. The van der Waals surface area contributed by atoms with Crippen molar-refractivity contribution in [1.82, 2.24) is 14.9 Å². The van der Waals surface area contributed by atoms with Crippen LogP contribution in [-0.2, 0) is 6.54 Å². The summed E-state index contributed by atoms with van der Waals surface area (Å²) in [5, 5.41) is 3.53. The van der Waals surface area contributed by atoms with Gasteiger partial charge in [0, 0.05) is 50.3 Å². The van der Waals surface area contributed by atoms with E-state index in [1.165, 1.54) is 5.56 Å². The van der Waals surface area contributed by atoms with Gasteiger partial charge in [0.1, 0.15) is 18.0 Å². The summed E-state index contributed by atoms with van der Waals surface area (Å²) < 4.78 is 1.13. The third kappa shape index (κ3) is 4.42. The van der Waals surface area contributed by atoms with Gasteiger partial charge in [0.25, 0.3) is 0 Å². The molecule has 2 heterocycles. The van der Waals surface area contributed by atoms with Crippen molar-refractivity contribution in [3.05, 3.63) is 46.7 Å². The molecule has 1 N–H and O–H groups in total. The number of benzene rings is 1. The summed E-state index contributed by atoms with van der Waals surface area (Å²) in [6, 6.07) is 11.0. The summed E-state index contributed by atoms with van der Waals surface area (Å²) in [6.07, 6.45) is 2.75. The molecule has 1 aliphatic heterocycles. The summed E-state index contributed by atoms with van der Waals surface area (Å²) in [5.41, 5.74) is 1.35. The van der Waals surface area contributed by atoms with E-state index in [2.05, 4.69) is 60.4 Å². The Morgan fingerprint density at radius 1 is 1.26 bits per heavy atom. The third-order valence-corrected chi connectivity index (χ3v) is 4.58. The van der Waals surface area contributed by atoms with Crippen LogP contribution in [0.2, 0.25) is 0 Å². The lowest BCUT2D eigenvalue weighted by Gasteiger charge is -2.18. The zero-order valence-electron chi connectivity index (χ0n) is 13.5. The highest BCUT2D eigenvalue weighted by atomic mass is 79.9. The van der Waals surface area contributed by atoms with Gasteiger partial charge in [0.2, 0.25) is 0 Å². The van der Waals surface area contributed by atoms with Gasteiger partial charge in [0.05, 0.1) is 0 Å². The lowest BCUT2D eigenvalue weighted by atomic mass is 10.2. The molecule has 0 saturated carbocycles. The second-order valence-electron chi connectivity index (χ2n) is 6.15. The van der Waals surface area contributed by atoms with Gasteiger partial charge in [-0.05, 0) is 24.1 Å². The lowest BCUT2D eigenvalue weighted by Crippen LogP contribution is -2.26. The van der Waals surface area contributed by atoms with Crippen LogP contribution in [0.25, 0.3) is 0 Å². The van der Waals surface area contributed by atoms with E-state index in [1.807, 2.05) is 25.1 Å². The molecular formula is C17H22BrN5. The highest BCUT2D eigenvalue weighted by Crippen LogP contribution is 2.19. The minimum absolute atomic E-state index is 0.440. The van der Waals surface area contributed by atoms with Crippen LogP contribution in [0.3, 0.4) is 0 Å². The number of aromatic nitrogens is 2. The number of nitrogens with one attached hydrogen (secondary N) is 1. The first-order valence-corrected chi connectivity index (χ1v) is 8.62. The second-order valence-corrected chi connectivity index (χ2v) is 7.06. The molecule has 0 aliphatic carbocycles. The van der Waals surface area contributed by atoms with Crippen molar-refractivity contribution in [3.63, 3.8) is 0 Å². The second kappa shape index (κ2) is 7.27. The molecule has 1 atom stereocenters. The molecule has 2 aromatic rings. The van der Waals surface area contributed by atoms with Gasteiger partial charge in [-0.25, -0.2) is 9.97 Å². The first kappa shape index (κ1) is 16.2. The predicted octanol–water partition coefficient (Wildman–Crippen LogP) is 2.99. The van der Waals surface area contributed by atoms with Crippen molar-refractivity contribution in [2.45, 2.75) is 19.0 Å². The normalized spacial score (nSPS) is 18.1. The largest absolute Gasteiger partial charge is 0.366 e. The van der Waals surface area contributed by atoms with Crippen LogP contribution in [-0.4, -0.2) is 48.1 Å². The van der Waals surface area contributed by atoms with Gasteiger partial charge in [0.15, 0.2) is 0 Å². The fraction of sp³-hybridized carbons (Fsp3) is 0.412. The fourth-order valence-electron chi connectivity index (χ4n) is 2.82. The number of hydrogen-bond acceptors (Lipinski definition) is 5. The van der Waals surface area contributed by atoms with Gasteiger partial charge >= 0.3 is 0 Å². The summed E-state index contributed by atoms with van der Waals surface area (Å²) >= 11 is 3.48. The molecule has 6 heteroatoms. The lowest BCUT2D eigenvalue weighted by molar-refractivity contribution is 0.328. The Morgan fingerprint density at radius 3 is 2.78 bits per heavy atom. The van der Waals surface area contributed by atoms with Crippen LogP contribution < -0.4 is 10.2 Å². The quantitative estimate of drug-likeness (QED) is 0.869. The standard InChI is InChI=1S/C17H22BrN5/c1-22(2)17-9-16(19-12-20-17)21-15-7-8-23(11-15)10-13-3-5-14(18)6-4-13/h3-6,9,12,15H,7-8,10-11H2,1-2H3,(H,19,20,21). The van der Waals surface area contributed by atoms with E-state index < -0.39 is 0 Å². The predicted molar refractivity (Wildman–Crippen MR) is 97.8 cm³/mol. The molecule has 1 fully saturated rings. The van der Waals surface area contributed by atoms with Crippen LogP contribution in [0.1, 0.15) is 12.0 Å². The van der Waals surface area contributed by atoms with Gasteiger partial charge in [-0.1, -0.05) is 28.1 Å². The average Bonchev–Trinajstić information content (AvgIpc) is 2.97. The highest BCUT2D eigenvalue weighted by molar-refractivity contribution is 9.10. The molecule has 1 aromatic carbocycles. The summed E-state index contributed by atoms with van der Waals surface area (Å²) in [6.45, 7) is 3.15. The van der Waals surface area contributed by atoms with Crippen molar-refractivity contribution in [1.29, 1.82) is 0 Å². The van der Waals surface area contributed by atoms with E-state index in [0.29, 0.717) is 6.04 Å². The van der Waals surface area contributed by atoms with Crippen LogP contribution in [0.15, 0.2) is 41.1 Å². The van der Waals surface area contributed by atoms with Gasteiger partial charge < -0.3 is 10.2 Å². The smallest absolute Gasteiger partial charge is 0.133 e. The van der Waals surface area contributed by atoms with Gasteiger partial charge in [-0.3, -0.25) is 4.90 Å². The Morgan fingerprint density at radius 2 is 2.04 bits per heavy atom. The van der Waals surface area contributed by atoms with Gasteiger partial charge in [-0.15, -0.1) is 0 Å². The maximum Gasteiger partial charge on any atom is 0.133 e. The van der Waals surface area contributed by atoms with Gasteiger partial charge in [-0.2, -0.15) is 0 Å².